The highest BCUT2D eigenvalue weighted by Crippen LogP contribution is 2.61. The average Bonchev–Trinajstić information content (AvgIpc) is 3.52. The van der Waals surface area contributed by atoms with E-state index in [1.165, 1.54) is 33.5 Å². The second-order valence-electron chi connectivity index (χ2n) is 12.0. The van der Waals surface area contributed by atoms with Gasteiger partial charge >= 0.3 is 6.18 Å². The van der Waals surface area contributed by atoms with E-state index in [2.05, 4.69) is 34.6 Å². The van der Waals surface area contributed by atoms with Gasteiger partial charge in [-0.15, -0.1) is 11.3 Å². The summed E-state index contributed by atoms with van der Waals surface area (Å²) in [5.74, 6) is -1.67. The molecule has 230 valence electrons. The van der Waals surface area contributed by atoms with Gasteiger partial charge in [-0.25, -0.2) is 4.98 Å². The van der Waals surface area contributed by atoms with Gasteiger partial charge in [0.1, 0.15) is 5.69 Å². The van der Waals surface area contributed by atoms with Gasteiger partial charge in [0, 0.05) is 49.1 Å². The third-order valence-electron chi connectivity index (χ3n) is 9.43. The molecule has 11 heteroatoms. The summed E-state index contributed by atoms with van der Waals surface area (Å²) in [4.78, 5) is 47.7. The van der Waals surface area contributed by atoms with Crippen molar-refractivity contribution in [2.75, 3.05) is 36.4 Å². The number of amides is 2. The molecule has 0 saturated carbocycles. The maximum atomic E-state index is 13.9. The Kier molecular flexibility index (Phi) is 7.03. The van der Waals surface area contributed by atoms with E-state index in [0.29, 0.717) is 25.2 Å². The van der Waals surface area contributed by atoms with Crippen molar-refractivity contribution in [3.05, 3.63) is 112 Å². The molecule has 4 aliphatic rings. The molecule has 1 fully saturated rings. The highest BCUT2D eigenvalue weighted by molar-refractivity contribution is 7.14. The first-order chi connectivity index (χ1) is 21.5. The van der Waals surface area contributed by atoms with Gasteiger partial charge in [-0.3, -0.25) is 14.4 Å². The summed E-state index contributed by atoms with van der Waals surface area (Å²) in [5.41, 5.74) is 3.95. The average molecular weight is 631 g/mol. The molecule has 1 saturated heterocycles. The molecule has 7 nitrogen and oxygen atoms in total. The first kappa shape index (κ1) is 29.2. The van der Waals surface area contributed by atoms with Crippen LogP contribution in [-0.2, 0) is 15.8 Å². The Balaban J connectivity index is 1.01. The number of hydrogen-bond acceptors (Lipinski definition) is 6. The van der Waals surface area contributed by atoms with Crippen LogP contribution in [0.2, 0.25) is 0 Å². The van der Waals surface area contributed by atoms with E-state index in [0.717, 1.165) is 34.6 Å². The summed E-state index contributed by atoms with van der Waals surface area (Å²) in [5, 5.41) is 4.68. The molecule has 1 N–H and O–H groups in total. The number of alkyl halides is 3. The number of benzene rings is 3. The molecular formula is C34H29F3N4O3S. The first-order valence-corrected chi connectivity index (χ1v) is 15.6. The summed E-state index contributed by atoms with van der Waals surface area (Å²) >= 11 is 1.10. The second-order valence-corrected chi connectivity index (χ2v) is 12.9. The maximum Gasteiger partial charge on any atom is 0.416 e. The van der Waals surface area contributed by atoms with Crippen molar-refractivity contribution in [2.24, 2.45) is 5.41 Å². The van der Waals surface area contributed by atoms with Crippen LogP contribution in [-0.4, -0.2) is 53.7 Å². The van der Waals surface area contributed by atoms with Gasteiger partial charge in [0.25, 0.3) is 11.7 Å². The van der Waals surface area contributed by atoms with Crippen LogP contribution in [0.15, 0.2) is 78.2 Å². The Morgan fingerprint density at radius 2 is 1.44 bits per heavy atom. The second kappa shape index (κ2) is 10.8. The number of nitrogens with zero attached hydrogens (tertiary/aromatic N) is 3. The Morgan fingerprint density at radius 3 is 2.02 bits per heavy atom. The monoisotopic (exact) mass is 630 g/mol. The van der Waals surface area contributed by atoms with Crippen LogP contribution in [0.5, 0.6) is 0 Å². The molecule has 2 heterocycles. The van der Waals surface area contributed by atoms with Crippen LogP contribution in [0.4, 0.5) is 24.0 Å². The minimum atomic E-state index is -4.41. The number of carbonyl (C=O) groups excluding carboxylic acids is 3. The van der Waals surface area contributed by atoms with Gasteiger partial charge in [0.2, 0.25) is 5.91 Å². The zero-order valence-electron chi connectivity index (χ0n) is 24.3. The van der Waals surface area contributed by atoms with E-state index in [1.807, 2.05) is 36.1 Å². The quantitative estimate of drug-likeness (QED) is 0.206. The number of anilines is 2. The number of aromatic nitrogens is 1. The molecule has 4 aromatic rings. The van der Waals surface area contributed by atoms with Crippen LogP contribution in [0.1, 0.15) is 63.5 Å². The van der Waals surface area contributed by atoms with Gasteiger partial charge in [-0.1, -0.05) is 48.5 Å². The van der Waals surface area contributed by atoms with Gasteiger partial charge in [0.05, 0.1) is 11.0 Å². The van der Waals surface area contributed by atoms with Crippen molar-refractivity contribution >= 4 is 39.8 Å². The van der Waals surface area contributed by atoms with E-state index in [4.69, 9.17) is 0 Å². The van der Waals surface area contributed by atoms with Crippen LogP contribution in [0, 0.1) is 5.41 Å². The summed E-state index contributed by atoms with van der Waals surface area (Å²) in [6.07, 6.45) is -3.76. The molecule has 0 spiro atoms. The Hall–Kier alpha value is -4.51. The van der Waals surface area contributed by atoms with Crippen molar-refractivity contribution in [3.63, 3.8) is 0 Å². The van der Waals surface area contributed by atoms with E-state index in [9.17, 15) is 27.6 Å². The van der Waals surface area contributed by atoms with E-state index in [-0.39, 0.29) is 41.7 Å². The Labute approximate surface area is 261 Å². The molecule has 1 unspecified atom stereocenters. The molecule has 3 aliphatic carbocycles. The van der Waals surface area contributed by atoms with Crippen LogP contribution >= 0.6 is 11.3 Å². The van der Waals surface area contributed by atoms with Crippen molar-refractivity contribution < 1.29 is 27.6 Å². The Morgan fingerprint density at radius 1 is 0.867 bits per heavy atom. The molecule has 3 aromatic carbocycles. The zero-order chi connectivity index (χ0) is 31.5. The lowest BCUT2D eigenvalue weighted by Crippen LogP contribution is -2.50. The molecule has 1 atom stereocenters. The summed E-state index contributed by atoms with van der Waals surface area (Å²) in [6.45, 7) is 3.21. The van der Waals surface area contributed by atoms with Crippen molar-refractivity contribution in [1.29, 1.82) is 0 Å². The molecule has 2 amide bonds. The van der Waals surface area contributed by atoms with Gasteiger partial charge in [-0.2, -0.15) is 13.2 Å². The van der Waals surface area contributed by atoms with E-state index >= 15 is 0 Å². The predicted molar refractivity (Wildman–Crippen MR) is 165 cm³/mol. The maximum absolute atomic E-state index is 13.9. The normalized spacial score (nSPS) is 22.0. The SMILES string of the molecule is CC1(C(=O)Nc2nc(C(=O)C(=O)N3CCN(c4ccc(C(F)(F)F)cc4)CC3)cs2)CC2c3ccccc3C1c1ccccc12. The van der Waals surface area contributed by atoms with Gasteiger partial charge in [0.15, 0.2) is 5.13 Å². The smallest absolute Gasteiger partial charge is 0.368 e. The lowest BCUT2D eigenvalue weighted by Gasteiger charge is -2.50. The number of piperazine rings is 1. The highest BCUT2D eigenvalue weighted by atomic mass is 32.1. The number of carbonyl (C=O) groups is 3. The molecule has 0 radical (unpaired) electrons. The fourth-order valence-corrected chi connectivity index (χ4v) is 7.83. The molecule has 1 aliphatic heterocycles. The minimum Gasteiger partial charge on any atom is -0.368 e. The van der Waals surface area contributed by atoms with Crippen molar-refractivity contribution in [1.82, 2.24) is 9.88 Å². The van der Waals surface area contributed by atoms with E-state index in [1.54, 1.807) is 0 Å². The third kappa shape index (κ3) is 4.99. The van der Waals surface area contributed by atoms with E-state index < -0.39 is 28.8 Å². The Bertz CT molecular complexity index is 1770. The van der Waals surface area contributed by atoms with Gasteiger partial charge in [-0.05, 0) is 59.9 Å². The predicted octanol–water partition coefficient (Wildman–Crippen LogP) is 6.32. The van der Waals surface area contributed by atoms with Crippen LogP contribution in [0.3, 0.4) is 0 Å². The molecule has 2 bridgehead atoms. The fraction of sp³-hybridized carbons (Fsp3) is 0.294. The molecule has 1 aromatic heterocycles. The lowest BCUT2D eigenvalue weighted by atomic mass is 9.52. The number of fused-ring (bicyclic) bond motifs is 1. The zero-order valence-corrected chi connectivity index (χ0v) is 25.1. The minimum absolute atomic E-state index is 0.0310. The number of thiazole rings is 1. The van der Waals surface area contributed by atoms with Crippen LogP contribution in [0.25, 0.3) is 0 Å². The topological polar surface area (TPSA) is 82.6 Å². The summed E-state index contributed by atoms with van der Waals surface area (Å²) < 4.78 is 38.7. The fourth-order valence-electron chi connectivity index (χ4n) is 7.15. The number of Topliss-reactive ketones (excluding diaryl/α,β-unsaturated/α-hetero) is 1. The van der Waals surface area contributed by atoms with Gasteiger partial charge < -0.3 is 15.1 Å². The highest BCUT2D eigenvalue weighted by Gasteiger charge is 2.54. The number of halogens is 3. The molecular weight excluding hydrogens is 601 g/mol. The number of hydrogen-bond donors (Lipinski definition) is 1. The van der Waals surface area contributed by atoms with Crippen molar-refractivity contribution in [3.8, 4) is 0 Å². The van der Waals surface area contributed by atoms with Crippen molar-refractivity contribution in [2.45, 2.75) is 31.4 Å². The summed E-state index contributed by atoms with van der Waals surface area (Å²) in [7, 11) is 0. The standard InChI is InChI=1S/C34H29F3N4O3S/c1-33(18-26-22-6-2-4-8-24(22)28(33)25-9-5-3-7-23(25)26)31(44)39-32-38-27(19-45-32)29(42)30(43)41-16-14-40(15-17-41)21-12-10-20(11-13-21)34(35,36)37/h2-13,19,26,28H,14-18H2,1H3,(H,38,39,44). The number of ketones is 1. The first-order valence-electron chi connectivity index (χ1n) is 14.7. The molecule has 45 heavy (non-hydrogen) atoms. The van der Waals surface area contributed by atoms with Crippen LogP contribution < -0.4 is 10.2 Å². The molecule has 8 rings (SSSR count). The summed E-state index contributed by atoms with van der Waals surface area (Å²) in [6, 6.07) is 21.5. The number of nitrogens with one attached hydrogen (secondary N) is 1. The number of rotatable bonds is 5. The third-order valence-corrected chi connectivity index (χ3v) is 10.2. The lowest BCUT2D eigenvalue weighted by molar-refractivity contribution is -0.137. The largest absolute Gasteiger partial charge is 0.416 e.